The molecule has 0 spiro atoms. The van der Waals surface area contributed by atoms with Crippen LogP contribution in [0.3, 0.4) is 0 Å². The van der Waals surface area contributed by atoms with Gasteiger partial charge in [-0.25, -0.2) is 9.78 Å². The first-order chi connectivity index (χ1) is 12.0. The molecule has 0 aromatic carbocycles. The van der Waals surface area contributed by atoms with Crippen LogP contribution in [0.5, 0.6) is 0 Å². The molecule has 2 fully saturated rings. The van der Waals surface area contributed by atoms with E-state index in [2.05, 4.69) is 14.9 Å². The number of carbonyl (C=O) groups excluding carboxylic acids is 2. The fourth-order valence-corrected chi connectivity index (χ4v) is 4.13. The van der Waals surface area contributed by atoms with E-state index in [1.807, 2.05) is 23.6 Å². The lowest BCUT2D eigenvalue weighted by Crippen LogP contribution is -2.43. The van der Waals surface area contributed by atoms with Crippen molar-refractivity contribution in [2.45, 2.75) is 52.0 Å². The second-order valence-corrected chi connectivity index (χ2v) is 7.09. The Kier molecular flexibility index (Phi) is 5.30. The summed E-state index contributed by atoms with van der Waals surface area (Å²) in [4.78, 5) is 33.0. The molecule has 2 aliphatic rings. The van der Waals surface area contributed by atoms with Crippen molar-refractivity contribution in [3.8, 4) is 0 Å². The fourth-order valence-electron chi connectivity index (χ4n) is 4.13. The summed E-state index contributed by atoms with van der Waals surface area (Å²) < 4.78 is 2.21. The van der Waals surface area contributed by atoms with Crippen LogP contribution < -0.4 is 5.32 Å². The van der Waals surface area contributed by atoms with Crippen LogP contribution in [0, 0.1) is 13.8 Å². The molecule has 1 aromatic heterocycles. The Labute approximate surface area is 149 Å². The topological polar surface area (TPSA) is 70.5 Å². The molecule has 2 saturated heterocycles. The van der Waals surface area contributed by atoms with Crippen molar-refractivity contribution in [1.82, 2.24) is 24.7 Å². The second kappa shape index (κ2) is 7.45. The number of imidazole rings is 1. The summed E-state index contributed by atoms with van der Waals surface area (Å²) in [6, 6.07) is 0.287. The highest BCUT2D eigenvalue weighted by Gasteiger charge is 2.29. The zero-order chi connectivity index (χ0) is 18.0. The average molecular weight is 347 g/mol. The summed E-state index contributed by atoms with van der Waals surface area (Å²) in [5, 5.41) is 2.69. The smallest absolute Gasteiger partial charge is 0.317 e. The fraction of sp³-hybridized carbons (Fsp3) is 0.722. The van der Waals surface area contributed by atoms with Gasteiger partial charge in [-0.05, 0) is 46.0 Å². The number of carbonyl (C=O) groups is 2. The van der Waals surface area contributed by atoms with E-state index >= 15 is 0 Å². The van der Waals surface area contributed by atoms with Crippen molar-refractivity contribution in [2.24, 2.45) is 0 Å². The lowest BCUT2D eigenvalue weighted by Gasteiger charge is -2.33. The van der Waals surface area contributed by atoms with Gasteiger partial charge in [-0.3, -0.25) is 4.79 Å². The van der Waals surface area contributed by atoms with Crippen LogP contribution in [0.1, 0.15) is 60.2 Å². The van der Waals surface area contributed by atoms with E-state index in [9.17, 15) is 9.59 Å². The lowest BCUT2D eigenvalue weighted by atomic mass is 10.0. The second-order valence-electron chi connectivity index (χ2n) is 7.09. The van der Waals surface area contributed by atoms with Gasteiger partial charge >= 0.3 is 6.03 Å². The third kappa shape index (κ3) is 3.50. The Morgan fingerprint density at radius 2 is 1.64 bits per heavy atom. The number of rotatable bonds is 2. The first kappa shape index (κ1) is 17.8. The van der Waals surface area contributed by atoms with E-state index in [4.69, 9.17) is 0 Å². The minimum Gasteiger partial charge on any atom is -0.341 e. The molecule has 3 heterocycles. The van der Waals surface area contributed by atoms with Gasteiger partial charge in [0.05, 0.1) is 0 Å². The first-order valence-electron chi connectivity index (χ1n) is 9.34. The maximum absolute atomic E-state index is 12.8. The van der Waals surface area contributed by atoms with Gasteiger partial charge in [0.2, 0.25) is 0 Å². The molecular weight excluding hydrogens is 318 g/mol. The third-order valence-corrected chi connectivity index (χ3v) is 5.50. The minimum absolute atomic E-state index is 0.0153. The van der Waals surface area contributed by atoms with Crippen LogP contribution in [0.2, 0.25) is 0 Å². The van der Waals surface area contributed by atoms with Crippen molar-refractivity contribution in [3.05, 3.63) is 17.2 Å². The molecule has 0 saturated carbocycles. The molecule has 0 aliphatic carbocycles. The van der Waals surface area contributed by atoms with Gasteiger partial charge in [0, 0.05) is 45.0 Å². The van der Waals surface area contributed by atoms with Crippen molar-refractivity contribution in [3.63, 3.8) is 0 Å². The number of urea groups is 1. The predicted molar refractivity (Wildman–Crippen MR) is 95.8 cm³/mol. The van der Waals surface area contributed by atoms with Crippen LogP contribution >= 0.6 is 0 Å². The maximum atomic E-state index is 12.8. The molecule has 7 heteroatoms. The zero-order valence-electron chi connectivity index (χ0n) is 15.5. The van der Waals surface area contributed by atoms with Gasteiger partial charge in [-0.15, -0.1) is 0 Å². The van der Waals surface area contributed by atoms with Crippen LogP contribution in [-0.2, 0) is 0 Å². The molecule has 3 amide bonds. The highest BCUT2D eigenvalue weighted by molar-refractivity contribution is 5.93. The molecule has 25 heavy (non-hydrogen) atoms. The summed E-state index contributed by atoms with van der Waals surface area (Å²) in [7, 11) is 1.66. The average Bonchev–Trinajstić information content (AvgIpc) is 2.95. The Balaban J connectivity index is 1.74. The number of amides is 3. The predicted octanol–water partition coefficient (Wildman–Crippen LogP) is 2.10. The largest absolute Gasteiger partial charge is 0.341 e. The summed E-state index contributed by atoms with van der Waals surface area (Å²) in [5.74, 6) is 0.970. The van der Waals surface area contributed by atoms with Gasteiger partial charge in [0.25, 0.3) is 5.91 Å². The Bertz CT molecular complexity index is 640. The molecule has 0 atom stereocenters. The van der Waals surface area contributed by atoms with E-state index in [1.54, 1.807) is 7.05 Å². The standard InChI is InChI=1S/C18H29N5O2/c1-13-16(17(24)21-9-5-4-6-10-21)20-14(2)23(13)15-7-11-22(12-8-15)18(25)19-3/h15H,4-12H2,1-3H3,(H,19,25). The molecule has 1 aromatic rings. The number of aromatic nitrogens is 2. The molecule has 3 rings (SSSR count). The quantitative estimate of drug-likeness (QED) is 0.891. The Morgan fingerprint density at radius 3 is 2.24 bits per heavy atom. The van der Waals surface area contributed by atoms with Crippen molar-refractivity contribution >= 4 is 11.9 Å². The molecule has 0 unspecified atom stereocenters. The molecule has 1 N–H and O–H groups in total. The van der Waals surface area contributed by atoms with Crippen LogP contribution in [0.25, 0.3) is 0 Å². The van der Waals surface area contributed by atoms with E-state index in [0.717, 1.165) is 63.4 Å². The molecule has 138 valence electrons. The molecule has 0 bridgehead atoms. The number of nitrogens with zero attached hydrogens (tertiary/aromatic N) is 4. The summed E-state index contributed by atoms with van der Waals surface area (Å²) in [6.45, 7) is 7.13. The Hall–Kier alpha value is -2.05. The Morgan fingerprint density at radius 1 is 1.00 bits per heavy atom. The van der Waals surface area contributed by atoms with E-state index < -0.39 is 0 Å². The SMILES string of the molecule is CNC(=O)N1CCC(n2c(C)nc(C(=O)N3CCCCC3)c2C)CC1. The number of hydrogen-bond acceptors (Lipinski definition) is 3. The van der Waals surface area contributed by atoms with Gasteiger partial charge in [-0.1, -0.05) is 0 Å². The third-order valence-electron chi connectivity index (χ3n) is 5.50. The molecule has 2 aliphatic heterocycles. The highest BCUT2D eigenvalue weighted by atomic mass is 16.2. The van der Waals surface area contributed by atoms with Gasteiger partial charge < -0.3 is 19.7 Å². The molecular formula is C18H29N5O2. The number of likely N-dealkylation sites (tertiary alicyclic amines) is 2. The van der Waals surface area contributed by atoms with Gasteiger partial charge in [0.1, 0.15) is 11.5 Å². The number of nitrogens with one attached hydrogen (secondary N) is 1. The van der Waals surface area contributed by atoms with Crippen molar-refractivity contribution in [2.75, 3.05) is 33.2 Å². The van der Waals surface area contributed by atoms with Crippen LogP contribution in [0.4, 0.5) is 4.79 Å². The maximum Gasteiger partial charge on any atom is 0.317 e. The summed E-state index contributed by atoms with van der Waals surface area (Å²) >= 11 is 0. The lowest BCUT2D eigenvalue weighted by molar-refractivity contribution is 0.0717. The molecule has 0 radical (unpaired) electrons. The number of aryl methyl sites for hydroxylation is 1. The number of piperidine rings is 2. The summed E-state index contributed by atoms with van der Waals surface area (Å²) in [5.41, 5.74) is 1.57. The minimum atomic E-state index is -0.0153. The van der Waals surface area contributed by atoms with E-state index in [0.29, 0.717) is 11.7 Å². The normalized spacial score (nSPS) is 19.2. The van der Waals surface area contributed by atoms with Gasteiger partial charge in [-0.2, -0.15) is 0 Å². The molecule has 7 nitrogen and oxygen atoms in total. The zero-order valence-corrected chi connectivity index (χ0v) is 15.5. The van der Waals surface area contributed by atoms with Crippen molar-refractivity contribution < 1.29 is 9.59 Å². The van der Waals surface area contributed by atoms with Gasteiger partial charge in [0.15, 0.2) is 0 Å². The first-order valence-corrected chi connectivity index (χ1v) is 9.34. The summed E-state index contributed by atoms with van der Waals surface area (Å²) in [6.07, 6.45) is 5.16. The van der Waals surface area contributed by atoms with Crippen molar-refractivity contribution in [1.29, 1.82) is 0 Å². The van der Waals surface area contributed by atoms with E-state index in [1.165, 1.54) is 6.42 Å². The highest BCUT2D eigenvalue weighted by Crippen LogP contribution is 2.27. The van der Waals surface area contributed by atoms with Crippen LogP contribution in [-0.4, -0.2) is 64.5 Å². The number of hydrogen-bond donors (Lipinski definition) is 1. The monoisotopic (exact) mass is 347 g/mol. The van der Waals surface area contributed by atoms with Crippen LogP contribution in [0.15, 0.2) is 0 Å². The van der Waals surface area contributed by atoms with E-state index in [-0.39, 0.29) is 11.9 Å².